The van der Waals surface area contributed by atoms with Crippen molar-refractivity contribution >= 4 is 24.0 Å². The van der Waals surface area contributed by atoms with Gasteiger partial charge in [-0.3, -0.25) is 0 Å². The fourth-order valence-electron chi connectivity index (χ4n) is 0.958. The van der Waals surface area contributed by atoms with Crippen LogP contribution in [0.1, 0.15) is 11.1 Å². The number of hydrogen-bond donors (Lipinski definition) is 1. The van der Waals surface area contributed by atoms with Crippen LogP contribution >= 0.6 is 24.0 Å². The van der Waals surface area contributed by atoms with Crippen LogP contribution in [0.25, 0.3) is 0 Å². The van der Waals surface area contributed by atoms with Gasteiger partial charge in [0.25, 0.3) is 0 Å². The van der Waals surface area contributed by atoms with Gasteiger partial charge in [-0.25, -0.2) is 4.39 Å². The highest BCUT2D eigenvalue weighted by atomic mass is 35.5. The average molecular weight is 264 g/mol. The molecule has 0 fully saturated rings. The van der Waals surface area contributed by atoms with Gasteiger partial charge in [-0.1, -0.05) is 11.6 Å². The summed E-state index contributed by atoms with van der Waals surface area (Å²) in [5.41, 5.74) is 3.82. The quantitative estimate of drug-likeness (QED) is 0.773. The van der Waals surface area contributed by atoms with Crippen molar-refractivity contribution in [3.05, 3.63) is 34.1 Å². The van der Waals surface area contributed by atoms with E-state index in [1.54, 1.807) is 0 Å². The third-order valence-electron chi connectivity index (χ3n) is 1.65. The molecule has 15 heavy (non-hydrogen) atoms. The Kier molecular flexibility index (Phi) is 4.83. The van der Waals surface area contributed by atoms with Crippen molar-refractivity contribution in [1.82, 2.24) is 0 Å². The molecule has 0 aliphatic rings. The lowest BCUT2D eigenvalue weighted by molar-refractivity contribution is -0.137. The van der Waals surface area contributed by atoms with Gasteiger partial charge >= 0.3 is 6.18 Å². The fraction of sp³-hybridized carbons (Fsp3) is 0.250. The minimum Gasteiger partial charge on any atom is -0.326 e. The largest absolute Gasteiger partial charge is 0.416 e. The molecule has 1 rings (SSSR count). The molecular weight excluding hydrogens is 257 g/mol. The SMILES string of the molecule is Cl.NCc1cc(C(F)(F)F)cc(Cl)c1F. The van der Waals surface area contributed by atoms with Crippen molar-refractivity contribution < 1.29 is 17.6 Å². The normalized spacial score (nSPS) is 11.1. The molecule has 0 saturated carbocycles. The summed E-state index contributed by atoms with van der Waals surface area (Å²) >= 11 is 5.27. The summed E-state index contributed by atoms with van der Waals surface area (Å²) < 4.78 is 49.6. The fourth-order valence-corrected chi connectivity index (χ4v) is 1.20. The highest BCUT2D eigenvalue weighted by Crippen LogP contribution is 2.33. The van der Waals surface area contributed by atoms with Crippen molar-refractivity contribution in [2.24, 2.45) is 5.73 Å². The molecule has 0 amide bonds. The van der Waals surface area contributed by atoms with E-state index >= 15 is 0 Å². The van der Waals surface area contributed by atoms with Gasteiger partial charge in [-0.15, -0.1) is 12.4 Å². The maximum absolute atomic E-state index is 13.0. The second-order valence-corrected chi connectivity index (χ2v) is 3.04. The van der Waals surface area contributed by atoms with E-state index in [-0.39, 0.29) is 24.5 Å². The molecule has 1 aromatic carbocycles. The predicted octanol–water partition coefficient (Wildman–Crippen LogP) is 3.38. The first-order chi connectivity index (χ1) is 6.36. The van der Waals surface area contributed by atoms with Crippen LogP contribution in [0, 0.1) is 5.82 Å². The zero-order valence-electron chi connectivity index (χ0n) is 7.24. The first-order valence-corrected chi connectivity index (χ1v) is 3.99. The zero-order valence-corrected chi connectivity index (χ0v) is 8.81. The Morgan fingerprint density at radius 2 is 1.80 bits per heavy atom. The van der Waals surface area contributed by atoms with Gasteiger partial charge in [0.15, 0.2) is 0 Å². The van der Waals surface area contributed by atoms with Crippen molar-refractivity contribution in [2.75, 3.05) is 0 Å². The molecule has 0 heterocycles. The minimum absolute atomic E-state index is 0. The molecule has 0 bridgehead atoms. The monoisotopic (exact) mass is 263 g/mol. The van der Waals surface area contributed by atoms with Gasteiger partial charge in [-0.05, 0) is 12.1 Å². The number of hydrogen-bond acceptors (Lipinski definition) is 1. The summed E-state index contributed by atoms with van der Waals surface area (Å²) in [6.45, 7) is -0.324. The molecule has 0 atom stereocenters. The number of rotatable bonds is 1. The number of alkyl halides is 3. The molecule has 0 spiro atoms. The van der Waals surface area contributed by atoms with Crippen LogP contribution < -0.4 is 5.73 Å². The lowest BCUT2D eigenvalue weighted by atomic mass is 10.1. The van der Waals surface area contributed by atoms with Gasteiger partial charge < -0.3 is 5.73 Å². The first kappa shape index (κ1) is 14.5. The minimum atomic E-state index is -4.54. The van der Waals surface area contributed by atoms with Crippen LogP contribution in [0.3, 0.4) is 0 Å². The lowest BCUT2D eigenvalue weighted by Crippen LogP contribution is -2.09. The Labute approximate surface area is 94.6 Å². The van der Waals surface area contributed by atoms with Crippen molar-refractivity contribution in [3.8, 4) is 0 Å². The molecule has 0 aromatic heterocycles. The molecule has 0 aliphatic carbocycles. The summed E-state index contributed by atoms with van der Waals surface area (Å²) in [4.78, 5) is 0. The Morgan fingerprint density at radius 3 is 2.20 bits per heavy atom. The number of benzene rings is 1. The molecule has 0 aliphatic heterocycles. The van der Waals surface area contributed by atoms with E-state index in [2.05, 4.69) is 0 Å². The molecule has 86 valence electrons. The van der Waals surface area contributed by atoms with E-state index in [0.717, 1.165) is 0 Å². The average Bonchev–Trinajstić information content (AvgIpc) is 2.07. The van der Waals surface area contributed by atoms with E-state index in [4.69, 9.17) is 17.3 Å². The molecule has 1 nitrogen and oxygen atoms in total. The second kappa shape index (κ2) is 5.01. The first-order valence-electron chi connectivity index (χ1n) is 3.61. The lowest BCUT2D eigenvalue weighted by Gasteiger charge is -2.09. The van der Waals surface area contributed by atoms with Crippen molar-refractivity contribution in [3.63, 3.8) is 0 Å². The van der Waals surface area contributed by atoms with Crippen LogP contribution in [-0.4, -0.2) is 0 Å². The third-order valence-corrected chi connectivity index (χ3v) is 1.93. The van der Waals surface area contributed by atoms with Crippen LogP contribution in [-0.2, 0) is 12.7 Å². The van der Waals surface area contributed by atoms with E-state index in [9.17, 15) is 17.6 Å². The van der Waals surface area contributed by atoms with Crippen LogP contribution in [0.2, 0.25) is 5.02 Å². The summed E-state index contributed by atoms with van der Waals surface area (Å²) in [6, 6.07) is 1.19. The number of halogens is 6. The molecule has 7 heteroatoms. The molecule has 2 N–H and O–H groups in total. The predicted molar refractivity (Wildman–Crippen MR) is 51.6 cm³/mol. The van der Waals surface area contributed by atoms with E-state index in [0.29, 0.717) is 12.1 Å². The second-order valence-electron chi connectivity index (χ2n) is 2.63. The molecule has 0 saturated heterocycles. The highest BCUT2D eigenvalue weighted by Gasteiger charge is 2.31. The molecular formula is C8H7Cl2F4N. The Morgan fingerprint density at radius 1 is 1.27 bits per heavy atom. The maximum Gasteiger partial charge on any atom is 0.416 e. The van der Waals surface area contributed by atoms with Gasteiger partial charge in [0.2, 0.25) is 0 Å². The van der Waals surface area contributed by atoms with E-state index < -0.39 is 22.6 Å². The van der Waals surface area contributed by atoms with E-state index in [1.165, 1.54) is 0 Å². The molecule has 0 radical (unpaired) electrons. The summed E-state index contributed by atoms with van der Waals surface area (Å²) in [5, 5.41) is -0.569. The summed E-state index contributed by atoms with van der Waals surface area (Å²) in [5.74, 6) is -0.901. The third kappa shape index (κ3) is 3.22. The van der Waals surface area contributed by atoms with Crippen molar-refractivity contribution in [1.29, 1.82) is 0 Å². The smallest absolute Gasteiger partial charge is 0.326 e. The van der Waals surface area contributed by atoms with Gasteiger partial charge in [0, 0.05) is 12.1 Å². The zero-order chi connectivity index (χ0) is 10.9. The van der Waals surface area contributed by atoms with Crippen LogP contribution in [0.4, 0.5) is 17.6 Å². The summed E-state index contributed by atoms with van der Waals surface area (Å²) in [6.07, 6.45) is -4.54. The molecule has 1 aromatic rings. The van der Waals surface area contributed by atoms with Gasteiger partial charge in [0.1, 0.15) is 5.82 Å². The number of nitrogens with two attached hydrogens (primary N) is 1. The topological polar surface area (TPSA) is 26.0 Å². The Bertz CT molecular complexity index is 351. The van der Waals surface area contributed by atoms with Crippen molar-refractivity contribution in [2.45, 2.75) is 12.7 Å². The highest BCUT2D eigenvalue weighted by molar-refractivity contribution is 6.30. The Balaban J connectivity index is 0.00000196. The van der Waals surface area contributed by atoms with Crippen LogP contribution in [0.5, 0.6) is 0 Å². The maximum atomic E-state index is 13.0. The van der Waals surface area contributed by atoms with Gasteiger partial charge in [-0.2, -0.15) is 13.2 Å². The van der Waals surface area contributed by atoms with Gasteiger partial charge in [0.05, 0.1) is 10.6 Å². The summed E-state index contributed by atoms with van der Waals surface area (Å²) in [7, 11) is 0. The Hall–Kier alpha value is -0.520. The van der Waals surface area contributed by atoms with Crippen LogP contribution in [0.15, 0.2) is 12.1 Å². The standard InChI is InChI=1S/C8H6ClF4N.ClH/c9-6-2-5(8(11,12)13)1-4(3-14)7(6)10;/h1-2H,3,14H2;1H. The molecule has 0 unspecified atom stereocenters. The van der Waals surface area contributed by atoms with E-state index in [1.807, 2.05) is 0 Å².